The quantitative estimate of drug-likeness (QED) is 0.205. The van der Waals surface area contributed by atoms with Crippen molar-refractivity contribution >= 4 is 91.0 Å². The molecule has 0 bridgehead atoms. The maximum Gasteiger partial charge on any atom is 0.0909 e. The summed E-state index contributed by atoms with van der Waals surface area (Å²) in [7, 11) is 0. The van der Waals surface area contributed by atoms with E-state index in [1.807, 2.05) is 28.9 Å². The predicted molar refractivity (Wildman–Crippen MR) is 188 cm³/mol. The van der Waals surface area contributed by atoms with Gasteiger partial charge in [-0.05, 0) is 70.4 Å². The Balaban J connectivity index is 1.28. The van der Waals surface area contributed by atoms with Crippen LogP contribution in [-0.2, 0) is 0 Å². The molecule has 0 radical (unpaired) electrons. The van der Waals surface area contributed by atoms with Gasteiger partial charge in [0.1, 0.15) is 0 Å². The van der Waals surface area contributed by atoms with Crippen molar-refractivity contribution < 1.29 is 0 Å². The van der Waals surface area contributed by atoms with Gasteiger partial charge < -0.3 is 4.90 Å². The van der Waals surface area contributed by atoms with Crippen LogP contribution < -0.4 is 4.90 Å². The summed E-state index contributed by atoms with van der Waals surface area (Å²) in [5.41, 5.74) is 6.88. The number of rotatable bonds is 4. The van der Waals surface area contributed by atoms with E-state index in [0.717, 1.165) is 22.6 Å². The second kappa shape index (κ2) is 9.77. The highest BCUT2D eigenvalue weighted by Gasteiger charge is 2.20. The van der Waals surface area contributed by atoms with Crippen LogP contribution in [0.1, 0.15) is 0 Å². The zero-order valence-corrected chi connectivity index (χ0v) is 24.7. The third-order valence-electron chi connectivity index (χ3n) is 8.29. The third-order valence-corrected chi connectivity index (χ3v) is 10.6. The first-order valence-corrected chi connectivity index (χ1v) is 16.0. The lowest BCUT2D eigenvalue weighted by molar-refractivity contribution is 1.29. The molecule has 9 aromatic rings. The van der Waals surface area contributed by atoms with Gasteiger partial charge in [-0.15, -0.1) is 22.7 Å². The number of hydrogen-bond donors (Lipinski definition) is 0. The number of fused-ring (bicyclic) bond motifs is 7. The molecule has 43 heavy (non-hydrogen) atoms. The van der Waals surface area contributed by atoms with E-state index in [1.165, 1.54) is 56.9 Å². The average Bonchev–Trinajstić information content (AvgIpc) is 3.62. The minimum absolute atomic E-state index is 1.05. The highest BCUT2D eigenvalue weighted by atomic mass is 32.1. The Hall–Kier alpha value is -5.03. The minimum Gasteiger partial charge on any atom is -0.309 e. The van der Waals surface area contributed by atoms with E-state index in [4.69, 9.17) is 4.98 Å². The van der Waals surface area contributed by atoms with E-state index >= 15 is 0 Å². The van der Waals surface area contributed by atoms with Gasteiger partial charge in [0.2, 0.25) is 0 Å². The van der Waals surface area contributed by atoms with Gasteiger partial charge in [0.25, 0.3) is 0 Å². The molecule has 0 saturated carbocycles. The molecule has 0 aliphatic rings. The summed E-state index contributed by atoms with van der Waals surface area (Å²) < 4.78 is 5.05. The van der Waals surface area contributed by atoms with E-state index in [-0.39, 0.29) is 0 Å². The fraction of sp³-hybridized carbons (Fsp3) is 0. The molecule has 0 amide bonds. The van der Waals surface area contributed by atoms with Crippen molar-refractivity contribution in [2.75, 3.05) is 4.90 Å². The lowest BCUT2D eigenvalue weighted by atomic mass is 10.0. The van der Waals surface area contributed by atoms with Crippen LogP contribution in [0.2, 0.25) is 0 Å². The summed E-state index contributed by atoms with van der Waals surface area (Å²) >= 11 is 3.68. The van der Waals surface area contributed by atoms with Gasteiger partial charge in [-0.1, -0.05) is 91.0 Å². The van der Waals surface area contributed by atoms with Crippen molar-refractivity contribution in [3.63, 3.8) is 0 Å². The Morgan fingerprint density at radius 3 is 2.00 bits per heavy atom. The maximum absolute atomic E-state index is 4.92. The van der Waals surface area contributed by atoms with Crippen molar-refractivity contribution in [3.05, 3.63) is 146 Å². The van der Waals surface area contributed by atoms with E-state index in [2.05, 4.69) is 144 Å². The third kappa shape index (κ3) is 4.03. The van der Waals surface area contributed by atoms with Crippen LogP contribution in [0.5, 0.6) is 0 Å². The van der Waals surface area contributed by atoms with Gasteiger partial charge in [-0.2, -0.15) is 0 Å². The SMILES string of the molecule is c1ccc(-c2ccc(N(c3ccc4c(c3)sc3ccccc34)c3ccnc4c3sc3cc5ccccc5cc34)cc2)cc1. The van der Waals surface area contributed by atoms with Crippen molar-refractivity contribution in [3.8, 4) is 11.1 Å². The standard InChI is InChI=1S/C39H24N2S2/c1-2-8-25(9-3-1)26-14-16-29(17-15-26)41(30-18-19-32-31-12-6-7-13-35(31)42-37(32)24-30)34-20-21-40-38-33-22-27-10-4-5-11-28(27)23-36(33)43-39(34)38/h1-24H. The number of thiophene rings is 2. The van der Waals surface area contributed by atoms with Gasteiger partial charge in [-0.3, -0.25) is 4.98 Å². The molecule has 0 aliphatic heterocycles. The minimum atomic E-state index is 1.05. The second-order valence-electron chi connectivity index (χ2n) is 10.8. The zero-order valence-electron chi connectivity index (χ0n) is 23.1. The highest BCUT2D eigenvalue weighted by Crippen LogP contribution is 2.46. The molecule has 9 rings (SSSR count). The lowest BCUT2D eigenvalue weighted by Gasteiger charge is -2.26. The van der Waals surface area contributed by atoms with Gasteiger partial charge in [-0.25, -0.2) is 0 Å². The molecule has 0 spiro atoms. The Bertz CT molecular complexity index is 2450. The molecular weight excluding hydrogens is 561 g/mol. The van der Waals surface area contributed by atoms with E-state index in [0.29, 0.717) is 0 Å². The number of benzene rings is 6. The summed E-state index contributed by atoms with van der Waals surface area (Å²) in [6, 6.07) is 50.4. The number of nitrogens with zero attached hydrogens (tertiary/aromatic N) is 2. The highest BCUT2D eigenvalue weighted by molar-refractivity contribution is 7.26. The number of aromatic nitrogens is 1. The summed E-state index contributed by atoms with van der Waals surface area (Å²) in [5.74, 6) is 0. The molecule has 202 valence electrons. The molecule has 0 saturated heterocycles. The molecule has 3 aromatic heterocycles. The number of pyridine rings is 1. The number of hydrogen-bond acceptors (Lipinski definition) is 4. The van der Waals surface area contributed by atoms with E-state index in [9.17, 15) is 0 Å². The summed E-state index contributed by atoms with van der Waals surface area (Å²) in [6.45, 7) is 0. The first kappa shape index (κ1) is 24.6. The Kier molecular flexibility index (Phi) is 5.58. The van der Waals surface area contributed by atoms with Gasteiger partial charge in [0, 0.05) is 47.8 Å². The first-order chi connectivity index (χ1) is 21.3. The molecule has 0 aliphatic carbocycles. The van der Waals surface area contributed by atoms with Crippen LogP contribution in [0.4, 0.5) is 17.1 Å². The monoisotopic (exact) mass is 584 g/mol. The molecule has 0 atom stereocenters. The fourth-order valence-electron chi connectivity index (χ4n) is 6.22. The Morgan fingerprint density at radius 2 is 1.14 bits per heavy atom. The Labute approximate surface area is 256 Å². The van der Waals surface area contributed by atoms with Crippen molar-refractivity contribution in [1.29, 1.82) is 0 Å². The van der Waals surface area contributed by atoms with Crippen molar-refractivity contribution in [2.45, 2.75) is 0 Å². The Morgan fingerprint density at radius 1 is 0.465 bits per heavy atom. The van der Waals surface area contributed by atoms with Gasteiger partial charge >= 0.3 is 0 Å². The molecule has 4 heteroatoms. The van der Waals surface area contributed by atoms with Gasteiger partial charge in [0.05, 0.1) is 15.9 Å². The molecular formula is C39H24N2S2. The fourth-order valence-corrected chi connectivity index (χ4v) is 8.55. The predicted octanol–water partition coefficient (Wildman–Crippen LogP) is 12.1. The zero-order chi connectivity index (χ0) is 28.3. The van der Waals surface area contributed by atoms with Crippen LogP contribution in [0.3, 0.4) is 0 Å². The van der Waals surface area contributed by atoms with Crippen LogP contribution in [0.25, 0.3) is 62.4 Å². The molecule has 0 unspecified atom stereocenters. The van der Waals surface area contributed by atoms with E-state index < -0.39 is 0 Å². The smallest absolute Gasteiger partial charge is 0.0909 e. The summed E-state index contributed by atoms with van der Waals surface area (Å²) in [6.07, 6.45) is 1.96. The van der Waals surface area contributed by atoms with Crippen LogP contribution in [0.15, 0.2) is 146 Å². The topological polar surface area (TPSA) is 16.1 Å². The van der Waals surface area contributed by atoms with E-state index in [1.54, 1.807) is 0 Å². The largest absolute Gasteiger partial charge is 0.309 e. The van der Waals surface area contributed by atoms with Crippen LogP contribution in [-0.4, -0.2) is 4.98 Å². The maximum atomic E-state index is 4.92. The molecule has 3 heterocycles. The van der Waals surface area contributed by atoms with Crippen molar-refractivity contribution in [2.24, 2.45) is 0 Å². The molecule has 6 aromatic carbocycles. The lowest BCUT2D eigenvalue weighted by Crippen LogP contribution is -2.10. The van der Waals surface area contributed by atoms with Gasteiger partial charge in [0.15, 0.2) is 0 Å². The molecule has 0 fully saturated rings. The van der Waals surface area contributed by atoms with Crippen molar-refractivity contribution in [1.82, 2.24) is 4.98 Å². The van der Waals surface area contributed by atoms with Crippen LogP contribution >= 0.6 is 22.7 Å². The summed E-state index contributed by atoms with van der Waals surface area (Å²) in [4.78, 5) is 7.33. The second-order valence-corrected chi connectivity index (χ2v) is 13.0. The molecule has 2 nitrogen and oxygen atoms in total. The number of anilines is 3. The normalized spacial score (nSPS) is 11.7. The first-order valence-electron chi connectivity index (χ1n) is 14.4. The summed E-state index contributed by atoms with van der Waals surface area (Å²) in [5, 5.41) is 6.32. The van der Waals surface area contributed by atoms with Crippen LogP contribution in [0, 0.1) is 0 Å². The molecule has 0 N–H and O–H groups in total. The average molecular weight is 585 g/mol.